The fraction of sp³-hybridized carbons (Fsp3) is 0.405. The van der Waals surface area contributed by atoms with Crippen LogP contribution in [0.2, 0.25) is 0 Å². The van der Waals surface area contributed by atoms with Crippen LogP contribution < -0.4 is 14.2 Å². The average Bonchev–Trinajstić information content (AvgIpc) is 3.33. The van der Waals surface area contributed by atoms with Gasteiger partial charge in [-0.1, -0.05) is 49.2 Å². The van der Waals surface area contributed by atoms with Crippen LogP contribution in [0.4, 0.5) is 0 Å². The lowest BCUT2D eigenvalue weighted by molar-refractivity contribution is -0.140. The van der Waals surface area contributed by atoms with E-state index in [2.05, 4.69) is 17.9 Å². The highest BCUT2D eigenvalue weighted by atomic mass is 16.5. The van der Waals surface area contributed by atoms with E-state index in [1.54, 1.807) is 48.4 Å². The van der Waals surface area contributed by atoms with Gasteiger partial charge in [0.05, 0.1) is 38.5 Å². The Morgan fingerprint density at radius 1 is 0.935 bits per heavy atom. The van der Waals surface area contributed by atoms with E-state index in [1.807, 2.05) is 31.2 Å². The Morgan fingerprint density at radius 3 is 2.43 bits per heavy atom. The second kappa shape index (κ2) is 15.8. The van der Waals surface area contributed by atoms with Crippen LogP contribution in [0.15, 0.2) is 72.3 Å². The zero-order chi connectivity index (χ0) is 32.5. The van der Waals surface area contributed by atoms with Crippen molar-refractivity contribution in [1.82, 2.24) is 9.80 Å². The number of ether oxygens (including phenoxy) is 4. The number of rotatable bonds is 14. The summed E-state index contributed by atoms with van der Waals surface area (Å²) in [5.41, 5.74) is 3.34. The largest absolute Gasteiger partial charge is 0.507 e. The van der Waals surface area contributed by atoms with E-state index in [0.29, 0.717) is 67.8 Å². The third-order valence-electron chi connectivity index (χ3n) is 8.39. The minimum atomic E-state index is -0.791. The molecular formula is C37H44N2O7. The summed E-state index contributed by atoms with van der Waals surface area (Å²) in [6.45, 7) is 9.26. The standard InChI is InChI=1S/C37H44N2O7/c1-4-5-20-45-31-15-12-29(24-32(31)43-3)34-33(36(41)37(42)39(34)17-7-16-38-18-21-44-22-19-38)35(40)28-10-13-30(14-11-28)46-25-27-9-6-8-26(2)23-27/h6,8-15,23-24,34,40H,4-5,7,16-22,25H2,1-3H3/b35-33+. The molecule has 2 fully saturated rings. The predicted octanol–water partition coefficient (Wildman–Crippen LogP) is 5.91. The number of Topliss-reactive ketones (excluding diaryl/α,β-unsaturated/α-hetero) is 1. The topological polar surface area (TPSA) is 97.8 Å². The first-order chi connectivity index (χ1) is 22.4. The van der Waals surface area contributed by atoms with E-state index in [-0.39, 0.29) is 11.3 Å². The van der Waals surface area contributed by atoms with E-state index in [0.717, 1.165) is 43.6 Å². The molecule has 2 saturated heterocycles. The van der Waals surface area contributed by atoms with Gasteiger partial charge in [-0.15, -0.1) is 0 Å². The molecule has 2 aliphatic heterocycles. The maximum Gasteiger partial charge on any atom is 0.295 e. The van der Waals surface area contributed by atoms with Gasteiger partial charge >= 0.3 is 0 Å². The first-order valence-corrected chi connectivity index (χ1v) is 16.1. The number of methoxy groups -OCH3 is 1. The van der Waals surface area contributed by atoms with E-state index < -0.39 is 17.7 Å². The Hall–Kier alpha value is -4.34. The van der Waals surface area contributed by atoms with Crippen molar-refractivity contribution in [3.05, 3.63) is 94.6 Å². The number of carbonyl (C=O) groups excluding carboxylic acids is 2. The molecule has 9 nitrogen and oxygen atoms in total. The van der Waals surface area contributed by atoms with Gasteiger partial charge in [-0.3, -0.25) is 14.5 Å². The first kappa shape index (κ1) is 33.0. The van der Waals surface area contributed by atoms with Crippen molar-refractivity contribution in [2.24, 2.45) is 0 Å². The fourth-order valence-electron chi connectivity index (χ4n) is 5.88. The van der Waals surface area contributed by atoms with Crippen LogP contribution in [0.3, 0.4) is 0 Å². The van der Waals surface area contributed by atoms with Gasteiger partial charge < -0.3 is 29.0 Å². The molecule has 5 rings (SSSR count). The highest BCUT2D eigenvalue weighted by Crippen LogP contribution is 2.42. The molecule has 1 N–H and O–H groups in total. The molecule has 2 aliphatic rings. The summed E-state index contributed by atoms with van der Waals surface area (Å²) in [6, 6.07) is 19.7. The zero-order valence-electron chi connectivity index (χ0n) is 27.0. The second-order valence-corrected chi connectivity index (χ2v) is 11.7. The number of carbonyl (C=O) groups is 2. The Labute approximate surface area is 271 Å². The van der Waals surface area contributed by atoms with E-state index in [4.69, 9.17) is 18.9 Å². The Kier molecular flexibility index (Phi) is 11.3. The van der Waals surface area contributed by atoms with Crippen LogP contribution >= 0.6 is 0 Å². The van der Waals surface area contributed by atoms with Gasteiger partial charge in [-0.25, -0.2) is 0 Å². The maximum atomic E-state index is 13.6. The van der Waals surface area contributed by atoms with Gasteiger partial charge in [0.15, 0.2) is 11.5 Å². The van der Waals surface area contributed by atoms with Crippen LogP contribution in [0.25, 0.3) is 5.76 Å². The van der Waals surface area contributed by atoms with Crippen LogP contribution in [0.1, 0.15) is 54.5 Å². The number of nitrogens with zero attached hydrogens (tertiary/aromatic N) is 2. The third kappa shape index (κ3) is 7.89. The number of morpholine rings is 1. The summed E-state index contributed by atoms with van der Waals surface area (Å²) in [7, 11) is 1.56. The van der Waals surface area contributed by atoms with Gasteiger partial charge in [0, 0.05) is 31.7 Å². The summed E-state index contributed by atoms with van der Waals surface area (Å²) in [4.78, 5) is 31.0. The Balaban J connectivity index is 1.43. The van der Waals surface area contributed by atoms with Gasteiger partial charge in [0.25, 0.3) is 11.7 Å². The van der Waals surface area contributed by atoms with Crippen LogP contribution in [-0.2, 0) is 20.9 Å². The highest BCUT2D eigenvalue weighted by molar-refractivity contribution is 6.46. The quantitative estimate of drug-likeness (QED) is 0.102. The number of ketones is 1. The molecule has 0 spiro atoms. The lowest BCUT2D eigenvalue weighted by atomic mass is 9.95. The molecule has 1 amide bonds. The molecule has 9 heteroatoms. The van der Waals surface area contributed by atoms with Gasteiger partial charge in [0.2, 0.25) is 0 Å². The van der Waals surface area contributed by atoms with Crippen molar-refractivity contribution >= 4 is 17.4 Å². The smallest absolute Gasteiger partial charge is 0.295 e. The number of amides is 1. The van der Waals surface area contributed by atoms with Crippen molar-refractivity contribution in [2.45, 2.75) is 45.8 Å². The number of aliphatic hydroxyl groups is 1. The number of unbranched alkanes of at least 4 members (excludes halogenated alkanes) is 1. The van der Waals surface area contributed by atoms with E-state index in [9.17, 15) is 14.7 Å². The molecule has 3 aromatic carbocycles. The third-order valence-corrected chi connectivity index (χ3v) is 8.39. The molecule has 3 aromatic rings. The second-order valence-electron chi connectivity index (χ2n) is 11.7. The molecule has 46 heavy (non-hydrogen) atoms. The van der Waals surface area contributed by atoms with Gasteiger partial charge in [-0.05, 0) is 67.3 Å². The molecular weight excluding hydrogens is 584 g/mol. The van der Waals surface area contributed by atoms with Gasteiger partial charge in [-0.2, -0.15) is 0 Å². The molecule has 0 aliphatic carbocycles. The van der Waals surface area contributed by atoms with Crippen LogP contribution in [0.5, 0.6) is 17.2 Å². The summed E-state index contributed by atoms with van der Waals surface area (Å²) in [5.74, 6) is 0.144. The van der Waals surface area contributed by atoms with Crippen LogP contribution in [0, 0.1) is 6.92 Å². The molecule has 0 radical (unpaired) electrons. The number of hydrogen-bond acceptors (Lipinski definition) is 8. The van der Waals surface area contributed by atoms with E-state index >= 15 is 0 Å². The van der Waals surface area contributed by atoms with E-state index in [1.165, 1.54) is 0 Å². The zero-order valence-corrected chi connectivity index (χ0v) is 27.0. The normalized spacial score (nSPS) is 18.2. The minimum Gasteiger partial charge on any atom is -0.507 e. The maximum absolute atomic E-state index is 13.6. The monoisotopic (exact) mass is 628 g/mol. The molecule has 0 saturated carbocycles. The summed E-state index contributed by atoms with van der Waals surface area (Å²) < 4.78 is 23.0. The number of aryl methyl sites for hydroxylation is 1. The summed E-state index contributed by atoms with van der Waals surface area (Å²) in [6.07, 6.45) is 2.58. The Bertz CT molecular complexity index is 1530. The van der Waals surface area contributed by atoms with Crippen LogP contribution in [-0.4, -0.2) is 79.7 Å². The highest BCUT2D eigenvalue weighted by Gasteiger charge is 2.46. The van der Waals surface area contributed by atoms with Crippen molar-refractivity contribution in [1.29, 1.82) is 0 Å². The first-order valence-electron chi connectivity index (χ1n) is 16.1. The molecule has 0 aromatic heterocycles. The predicted molar refractivity (Wildman–Crippen MR) is 176 cm³/mol. The van der Waals surface area contributed by atoms with Crippen molar-refractivity contribution in [3.63, 3.8) is 0 Å². The fourth-order valence-corrected chi connectivity index (χ4v) is 5.88. The SMILES string of the molecule is CCCCOc1ccc(C2/C(=C(\O)c3ccc(OCc4cccc(C)c4)cc3)C(=O)C(=O)N2CCCN2CCOCC2)cc1OC. The number of likely N-dealkylation sites (tertiary alicyclic amines) is 1. The summed E-state index contributed by atoms with van der Waals surface area (Å²) >= 11 is 0. The van der Waals surface area contributed by atoms with Crippen molar-refractivity contribution < 1.29 is 33.6 Å². The van der Waals surface area contributed by atoms with Crippen molar-refractivity contribution in [3.8, 4) is 17.2 Å². The average molecular weight is 629 g/mol. The molecule has 244 valence electrons. The minimum absolute atomic E-state index is 0.0477. The molecule has 1 unspecified atom stereocenters. The number of aliphatic hydroxyl groups excluding tert-OH is 1. The Morgan fingerprint density at radius 2 is 1.72 bits per heavy atom. The van der Waals surface area contributed by atoms with Gasteiger partial charge in [0.1, 0.15) is 18.1 Å². The molecule has 1 atom stereocenters. The molecule has 2 heterocycles. The number of hydrogen-bond donors (Lipinski definition) is 1. The lowest BCUT2D eigenvalue weighted by Gasteiger charge is -2.29. The lowest BCUT2D eigenvalue weighted by Crippen LogP contribution is -2.39. The number of benzene rings is 3. The molecule has 0 bridgehead atoms. The summed E-state index contributed by atoms with van der Waals surface area (Å²) in [5, 5.41) is 11.6. The van der Waals surface area contributed by atoms with Crippen molar-refractivity contribution in [2.75, 3.05) is 53.1 Å².